The molecule has 0 heterocycles. The number of benzene rings is 2. The van der Waals surface area contributed by atoms with Crippen LogP contribution in [0.25, 0.3) is 0 Å². The zero-order valence-corrected chi connectivity index (χ0v) is 10.5. The molecule has 2 aromatic carbocycles. The van der Waals surface area contributed by atoms with Gasteiger partial charge in [-0.05, 0) is 36.8 Å². The largest absolute Gasteiger partial charge is 0.398 e. The number of anilines is 2. The monoisotopic (exact) mass is 251 g/mol. The van der Waals surface area contributed by atoms with Crippen LogP contribution < -0.4 is 11.1 Å². The van der Waals surface area contributed by atoms with Gasteiger partial charge in [-0.3, -0.25) is 4.79 Å². The third-order valence-electron chi connectivity index (χ3n) is 2.75. The van der Waals surface area contributed by atoms with Gasteiger partial charge in [-0.2, -0.15) is 5.26 Å². The highest BCUT2D eigenvalue weighted by atomic mass is 16.1. The molecule has 0 radical (unpaired) electrons. The minimum absolute atomic E-state index is 0.319. The maximum absolute atomic E-state index is 12.1. The van der Waals surface area contributed by atoms with Gasteiger partial charge in [0.1, 0.15) is 6.07 Å². The number of carbonyl (C=O) groups excluding carboxylic acids is 1. The molecule has 0 saturated heterocycles. The topological polar surface area (TPSA) is 78.9 Å². The quantitative estimate of drug-likeness (QED) is 0.805. The van der Waals surface area contributed by atoms with Crippen LogP contribution in [0.2, 0.25) is 0 Å². The lowest BCUT2D eigenvalue weighted by atomic mass is 10.1. The molecule has 0 aliphatic heterocycles. The fourth-order valence-electron chi connectivity index (χ4n) is 1.77. The molecule has 0 unspecified atom stereocenters. The van der Waals surface area contributed by atoms with E-state index in [9.17, 15) is 4.79 Å². The van der Waals surface area contributed by atoms with Crippen LogP contribution in [0.15, 0.2) is 42.5 Å². The first kappa shape index (κ1) is 12.7. The average molecular weight is 251 g/mol. The molecule has 0 aliphatic carbocycles. The van der Waals surface area contributed by atoms with Crippen LogP contribution in [-0.2, 0) is 0 Å². The summed E-state index contributed by atoms with van der Waals surface area (Å²) in [6.45, 7) is 1.91. The van der Waals surface area contributed by atoms with Crippen molar-refractivity contribution in [3.05, 3.63) is 59.2 Å². The van der Waals surface area contributed by atoms with Crippen LogP contribution in [0.4, 0.5) is 11.4 Å². The summed E-state index contributed by atoms with van der Waals surface area (Å²) in [5, 5.41) is 11.7. The number of nitrogens with zero attached hydrogens (tertiary/aromatic N) is 1. The Balaban J connectivity index is 2.29. The summed E-state index contributed by atoms with van der Waals surface area (Å²) in [5.74, 6) is -0.319. The summed E-state index contributed by atoms with van der Waals surface area (Å²) < 4.78 is 0. The highest BCUT2D eigenvalue weighted by Gasteiger charge is 2.11. The number of carbonyl (C=O) groups is 1. The van der Waals surface area contributed by atoms with Crippen LogP contribution in [0.5, 0.6) is 0 Å². The van der Waals surface area contributed by atoms with E-state index in [2.05, 4.69) is 5.32 Å². The number of rotatable bonds is 2. The molecular weight excluding hydrogens is 238 g/mol. The fourth-order valence-corrected chi connectivity index (χ4v) is 1.77. The lowest BCUT2D eigenvalue weighted by molar-refractivity contribution is 0.102. The van der Waals surface area contributed by atoms with Gasteiger partial charge in [0, 0.05) is 5.69 Å². The highest BCUT2D eigenvalue weighted by Crippen LogP contribution is 2.18. The molecule has 0 aliphatic rings. The molecule has 0 spiro atoms. The molecule has 0 atom stereocenters. The van der Waals surface area contributed by atoms with Gasteiger partial charge >= 0.3 is 0 Å². The van der Waals surface area contributed by atoms with Crippen LogP contribution in [0.1, 0.15) is 21.5 Å². The van der Waals surface area contributed by atoms with Crippen molar-refractivity contribution in [1.82, 2.24) is 0 Å². The second-order valence-electron chi connectivity index (χ2n) is 4.20. The molecule has 94 valence electrons. The van der Waals surface area contributed by atoms with Gasteiger partial charge in [0.15, 0.2) is 0 Å². The summed E-state index contributed by atoms with van der Waals surface area (Å²) >= 11 is 0. The number of aryl methyl sites for hydroxylation is 1. The van der Waals surface area contributed by atoms with Crippen molar-refractivity contribution >= 4 is 17.3 Å². The van der Waals surface area contributed by atoms with Crippen molar-refractivity contribution in [2.45, 2.75) is 6.92 Å². The molecule has 0 saturated carbocycles. The SMILES string of the molecule is Cc1ccc(C(=O)Nc2ccccc2C#N)c(N)c1. The predicted octanol–water partition coefficient (Wildman–Crippen LogP) is 2.70. The summed E-state index contributed by atoms with van der Waals surface area (Å²) in [6.07, 6.45) is 0. The molecule has 2 aromatic rings. The average Bonchev–Trinajstić information content (AvgIpc) is 2.39. The maximum Gasteiger partial charge on any atom is 0.257 e. The third kappa shape index (κ3) is 2.72. The summed E-state index contributed by atoms with van der Waals surface area (Å²) in [5.41, 5.74) is 8.54. The van der Waals surface area contributed by atoms with Gasteiger partial charge < -0.3 is 11.1 Å². The van der Waals surface area contributed by atoms with Crippen molar-refractivity contribution < 1.29 is 4.79 Å². The maximum atomic E-state index is 12.1. The number of nitrogens with one attached hydrogen (secondary N) is 1. The van der Waals surface area contributed by atoms with E-state index < -0.39 is 0 Å². The Bertz CT molecular complexity index is 671. The Morgan fingerprint density at radius 2 is 2.00 bits per heavy atom. The number of para-hydroxylation sites is 1. The van der Waals surface area contributed by atoms with Gasteiger partial charge in [0.2, 0.25) is 0 Å². The van der Waals surface area contributed by atoms with Gasteiger partial charge in [0.25, 0.3) is 5.91 Å². The molecule has 4 heteroatoms. The van der Waals surface area contributed by atoms with E-state index in [4.69, 9.17) is 11.0 Å². The van der Waals surface area contributed by atoms with Crippen molar-refractivity contribution in [2.24, 2.45) is 0 Å². The van der Waals surface area contributed by atoms with Crippen molar-refractivity contribution in [1.29, 1.82) is 5.26 Å². The van der Waals surface area contributed by atoms with Gasteiger partial charge in [-0.15, -0.1) is 0 Å². The van der Waals surface area contributed by atoms with Crippen molar-refractivity contribution in [3.63, 3.8) is 0 Å². The van der Waals surface area contributed by atoms with Gasteiger partial charge in [-0.25, -0.2) is 0 Å². The number of nitrogens with two attached hydrogens (primary N) is 1. The predicted molar refractivity (Wildman–Crippen MR) is 74.7 cm³/mol. The first-order valence-electron chi connectivity index (χ1n) is 5.78. The standard InChI is InChI=1S/C15H13N3O/c1-10-6-7-12(13(17)8-10)15(19)18-14-5-3-2-4-11(14)9-16/h2-8H,17H2,1H3,(H,18,19). The molecule has 0 aromatic heterocycles. The van der Waals surface area contributed by atoms with E-state index in [1.165, 1.54) is 0 Å². The Morgan fingerprint density at radius 1 is 1.26 bits per heavy atom. The minimum Gasteiger partial charge on any atom is -0.398 e. The molecule has 3 N–H and O–H groups in total. The van der Waals surface area contributed by atoms with E-state index in [0.717, 1.165) is 5.56 Å². The Hall–Kier alpha value is -2.80. The number of amides is 1. The Kier molecular flexibility index (Phi) is 3.48. The molecule has 19 heavy (non-hydrogen) atoms. The second kappa shape index (κ2) is 5.23. The van der Waals surface area contributed by atoms with Crippen LogP contribution >= 0.6 is 0 Å². The molecule has 0 fully saturated rings. The molecular formula is C15H13N3O. The smallest absolute Gasteiger partial charge is 0.257 e. The normalized spacial score (nSPS) is 9.68. The van der Waals surface area contributed by atoms with E-state index in [0.29, 0.717) is 22.5 Å². The lowest BCUT2D eigenvalue weighted by Crippen LogP contribution is -2.14. The van der Waals surface area contributed by atoms with Crippen molar-refractivity contribution in [3.8, 4) is 6.07 Å². The molecule has 2 rings (SSSR count). The molecule has 0 bridgehead atoms. The zero-order chi connectivity index (χ0) is 13.8. The van der Waals surface area contributed by atoms with E-state index in [-0.39, 0.29) is 5.91 Å². The minimum atomic E-state index is -0.319. The highest BCUT2D eigenvalue weighted by molar-refractivity contribution is 6.08. The number of hydrogen-bond acceptors (Lipinski definition) is 3. The van der Waals surface area contributed by atoms with Crippen LogP contribution in [-0.4, -0.2) is 5.91 Å². The lowest BCUT2D eigenvalue weighted by Gasteiger charge is -2.09. The number of nitriles is 1. The third-order valence-corrected chi connectivity index (χ3v) is 2.75. The number of hydrogen-bond donors (Lipinski definition) is 2. The Morgan fingerprint density at radius 3 is 2.68 bits per heavy atom. The second-order valence-corrected chi connectivity index (χ2v) is 4.20. The Labute approximate surface area is 111 Å². The van der Waals surface area contributed by atoms with Crippen molar-refractivity contribution in [2.75, 3.05) is 11.1 Å². The summed E-state index contributed by atoms with van der Waals surface area (Å²) in [6, 6.07) is 14.1. The molecule has 1 amide bonds. The van der Waals surface area contributed by atoms with Gasteiger partial charge in [-0.1, -0.05) is 18.2 Å². The van der Waals surface area contributed by atoms with Crippen LogP contribution in [0.3, 0.4) is 0 Å². The first-order chi connectivity index (χ1) is 9.11. The molecule has 4 nitrogen and oxygen atoms in total. The summed E-state index contributed by atoms with van der Waals surface area (Å²) in [4.78, 5) is 12.1. The number of nitrogen functional groups attached to an aromatic ring is 1. The van der Waals surface area contributed by atoms with Crippen LogP contribution in [0, 0.1) is 18.3 Å². The fraction of sp³-hybridized carbons (Fsp3) is 0.0667. The zero-order valence-electron chi connectivity index (χ0n) is 10.5. The van der Waals surface area contributed by atoms with E-state index >= 15 is 0 Å². The summed E-state index contributed by atoms with van der Waals surface area (Å²) in [7, 11) is 0. The first-order valence-corrected chi connectivity index (χ1v) is 5.78. The van der Waals surface area contributed by atoms with Gasteiger partial charge in [0.05, 0.1) is 16.8 Å². The van der Waals surface area contributed by atoms with E-state index in [1.54, 1.807) is 36.4 Å². The van der Waals surface area contributed by atoms with E-state index in [1.807, 2.05) is 19.1 Å².